The molecule has 0 radical (unpaired) electrons. The molecule has 0 N–H and O–H groups in total. The van der Waals surface area contributed by atoms with Gasteiger partial charge in [0.15, 0.2) is 0 Å². The average Bonchev–Trinajstić information content (AvgIpc) is 3.32. The van der Waals surface area contributed by atoms with Crippen LogP contribution in [0.2, 0.25) is 0 Å². The minimum atomic E-state index is -0.436. The maximum Gasteiger partial charge on any atom is 0.293 e. The number of benzene rings is 2. The molecule has 1 aliphatic heterocycles. The standard InChI is InChI=1S/C23H18N2O5S/c1-15-7-8-17(13-19(15)25(28)29)20-10-9-18(30-20)14-21-22(26)24(23(27)31-21)12-11-16-5-3-2-4-6-16/h2-10,13-14H,11-12H2,1H3/b21-14+. The van der Waals surface area contributed by atoms with Crippen LogP contribution in [0.1, 0.15) is 16.9 Å². The second kappa shape index (κ2) is 8.61. The molecular formula is C23H18N2O5S. The molecule has 0 spiro atoms. The number of furan rings is 1. The van der Waals surface area contributed by atoms with Crippen molar-refractivity contribution in [3.8, 4) is 11.3 Å². The number of rotatable bonds is 6. The molecule has 31 heavy (non-hydrogen) atoms. The maximum atomic E-state index is 12.7. The molecule has 1 aromatic heterocycles. The van der Waals surface area contributed by atoms with Gasteiger partial charge in [-0.05, 0) is 42.8 Å². The van der Waals surface area contributed by atoms with E-state index in [1.807, 2.05) is 30.3 Å². The number of hydrogen-bond donors (Lipinski definition) is 0. The number of amides is 2. The zero-order valence-corrected chi connectivity index (χ0v) is 17.4. The average molecular weight is 434 g/mol. The summed E-state index contributed by atoms with van der Waals surface area (Å²) in [5.74, 6) is 0.485. The Labute approximate surface area is 182 Å². The predicted molar refractivity (Wildman–Crippen MR) is 118 cm³/mol. The summed E-state index contributed by atoms with van der Waals surface area (Å²) < 4.78 is 5.76. The second-order valence-corrected chi connectivity index (χ2v) is 8.02. The van der Waals surface area contributed by atoms with Crippen molar-refractivity contribution in [2.24, 2.45) is 0 Å². The summed E-state index contributed by atoms with van der Waals surface area (Å²) >= 11 is 0.874. The summed E-state index contributed by atoms with van der Waals surface area (Å²) in [4.78, 5) is 37.2. The monoisotopic (exact) mass is 434 g/mol. The van der Waals surface area contributed by atoms with E-state index in [0.29, 0.717) is 35.6 Å². The lowest BCUT2D eigenvalue weighted by atomic mass is 10.1. The molecule has 156 valence electrons. The fourth-order valence-electron chi connectivity index (χ4n) is 3.25. The number of aryl methyl sites for hydroxylation is 1. The lowest BCUT2D eigenvalue weighted by Gasteiger charge is -2.11. The van der Waals surface area contributed by atoms with Gasteiger partial charge < -0.3 is 4.42 Å². The van der Waals surface area contributed by atoms with E-state index in [1.54, 1.807) is 31.2 Å². The van der Waals surface area contributed by atoms with Gasteiger partial charge in [0.25, 0.3) is 16.8 Å². The van der Waals surface area contributed by atoms with Crippen molar-refractivity contribution >= 4 is 34.7 Å². The van der Waals surface area contributed by atoms with Crippen LogP contribution in [-0.4, -0.2) is 27.5 Å². The van der Waals surface area contributed by atoms with Crippen LogP contribution in [-0.2, 0) is 11.2 Å². The Morgan fingerprint density at radius 1 is 1.10 bits per heavy atom. The van der Waals surface area contributed by atoms with Gasteiger partial charge in [-0.25, -0.2) is 0 Å². The van der Waals surface area contributed by atoms with Gasteiger partial charge >= 0.3 is 0 Å². The number of carbonyl (C=O) groups excluding carboxylic acids is 2. The van der Waals surface area contributed by atoms with Gasteiger partial charge in [-0.1, -0.05) is 42.5 Å². The molecule has 0 atom stereocenters. The van der Waals surface area contributed by atoms with Gasteiger partial charge in [-0.2, -0.15) is 0 Å². The first-order valence-electron chi connectivity index (χ1n) is 9.57. The molecule has 2 amide bonds. The molecule has 3 aromatic rings. The van der Waals surface area contributed by atoms with Crippen LogP contribution in [0.3, 0.4) is 0 Å². The van der Waals surface area contributed by atoms with Crippen LogP contribution in [0.5, 0.6) is 0 Å². The smallest absolute Gasteiger partial charge is 0.293 e. The van der Waals surface area contributed by atoms with Crippen LogP contribution in [0, 0.1) is 17.0 Å². The van der Waals surface area contributed by atoms with E-state index in [1.165, 1.54) is 17.0 Å². The third-order valence-corrected chi connectivity index (χ3v) is 5.84. The van der Waals surface area contributed by atoms with Crippen molar-refractivity contribution in [1.29, 1.82) is 0 Å². The van der Waals surface area contributed by atoms with Gasteiger partial charge in [0.2, 0.25) is 0 Å². The fourth-order valence-corrected chi connectivity index (χ4v) is 4.10. The summed E-state index contributed by atoms with van der Waals surface area (Å²) in [6.07, 6.45) is 2.11. The predicted octanol–water partition coefficient (Wildman–Crippen LogP) is 5.44. The number of nitro groups is 1. The van der Waals surface area contributed by atoms with Crippen LogP contribution < -0.4 is 0 Å². The Bertz CT molecular complexity index is 1200. The maximum absolute atomic E-state index is 12.7. The Balaban J connectivity index is 1.50. The number of nitro benzene ring substituents is 1. The highest BCUT2D eigenvalue weighted by Crippen LogP contribution is 2.34. The van der Waals surface area contributed by atoms with Gasteiger partial charge in [-0.15, -0.1) is 0 Å². The molecule has 4 rings (SSSR count). The summed E-state index contributed by atoms with van der Waals surface area (Å²) in [5.41, 5.74) is 2.18. The van der Waals surface area contributed by atoms with E-state index in [2.05, 4.69) is 0 Å². The van der Waals surface area contributed by atoms with Crippen LogP contribution in [0.15, 0.2) is 70.0 Å². The zero-order chi connectivity index (χ0) is 22.0. The summed E-state index contributed by atoms with van der Waals surface area (Å²) in [6, 6.07) is 17.9. The second-order valence-electron chi connectivity index (χ2n) is 7.03. The summed E-state index contributed by atoms with van der Waals surface area (Å²) in [5, 5.41) is 10.9. The SMILES string of the molecule is Cc1ccc(-c2ccc(/C=C3/SC(=O)N(CCc4ccccc4)C3=O)o2)cc1[N+](=O)[O-]. The van der Waals surface area contributed by atoms with Gasteiger partial charge in [0.05, 0.1) is 9.83 Å². The topological polar surface area (TPSA) is 93.7 Å². The quantitative estimate of drug-likeness (QED) is 0.291. The molecule has 7 nitrogen and oxygen atoms in total. The fraction of sp³-hybridized carbons (Fsp3) is 0.130. The molecule has 1 saturated heterocycles. The summed E-state index contributed by atoms with van der Waals surface area (Å²) in [6.45, 7) is 1.98. The Morgan fingerprint density at radius 2 is 1.87 bits per heavy atom. The van der Waals surface area contributed by atoms with Crippen molar-refractivity contribution in [3.63, 3.8) is 0 Å². The lowest BCUT2D eigenvalue weighted by molar-refractivity contribution is -0.385. The number of carbonyl (C=O) groups is 2. The van der Waals surface area contributed by atoms with E-state index in [4.69, 9.17) is 4.42 Å². The van der Waals surface area contributed by atoms with Crippen LogP contribution in [0.4, 0.5) is 10.5 Å². The minimum absolute atomic E-state index is 0.00925. The Kier molecular flexibility index (Phi) is 5.73. The van der Waals surface area contributed by atoms with Crippen LogP contribution >= 0.6 is 11.8 Å². The van der Waals surface area contributed by atoms with Gasteiger partial charge in [0.1, 0.15) is 11.5 Å². The number of imide groups is 1. The highest BCUT2D eigenvalue weighted by Gasteiger charge is 2.34. The molecule has 8 heteroatoms. The zero-order valence-electron chi connectivity index (χ0n) is 16.6. The van der Waals surface area contributed by atoms with E-state index >= 15 is 0 Å². The van der Waals surface area contributed by atoms with E-state index < -0.39 is 4.92 Å². The van der Waals surface area contributed by atoms with Crippen molar-refractivity contribution < 1.29 is 18.9 Å². The number of thioether (sulfide) groups is 1. The first kappa shape index (κ1) is 20.6. The first-order chi connectivity index (χ1) is 14.9. The molecule has 0 saturated carbocycles. The van der Waals surface area contributed by atoms with E-state index in [0.717, 1.165) is 17.3 Å². The molecule has 0 aliphatic carbocycles. The third-order valence-electron chi connectivity index (χ3n) is 4.93. The van der Waals surface area contributed by atoms with Gasteiger partial charge in [0, 0.05) is 29.8 Å². The lowest BCUT2D eigenvalue weighted by Crippen LogP contribution is -2.30. The van der Waals surface area contributed by atoms with Crippen molar-refractivity contribution in [2.45, 2.75) is 13.3 Å². The molecule has 2 heterocycles. The Hall–Kier alpha value is -3.65. The normalized spacial score (nSPS) is 15.1. The Morgan fingerprint density at radius 3 is 2.61 bits per heavy atom. The molecular weight excluding hydrogens is 416 g/mol. The molecule has 1 fully saturated rings. The highest BCUT2D eigenvalue weighted by atomic mass is 32.2. The molecule has 1 aliphatic rings. The van der Waals surface area contributed by atoms with Crippen molar-refractivity contribution in [2.75, 3.05) is 6.54 Å². The van der Waals surface area contributed by atoms with E-state index in [-0.39, 0.29) is 21.7 Å². The summed E-state index contributed by atoms with van der Waals surface area (Å²) in [7, 11) is 0. The first-order valence-corrected chi connectivity index (χ1v) is 10.4. The van der Waals surface area contributed by atoms with Gasteiger partial charge in [-0.3, -0.25) is 24.6 Å². The number of nitrogens with zero attached hydrogens (tertiary/aromatic N) is 2. The largest absolute Gasteiger partial charge is 0.457 e. The minimum Gasteiger partial charge on any atom is -0.457 e. The van der Waals surface area contributed by atoms with Crippen molar-refractivity contribution in [3.05, 3.63) is 92.6 Å². The number of hydrogen-bond acceptors (Lipinski definition) is 6. The van der Waals surface area contributed by atoms with Crippen LogP contribution in [0.25, 0.3) is 17.4 Å². The molecule has 2 aromatic carbocycles. The highest BCUT2D eigenvalue weighted by molar-refractivity contribution is 8.18. The molecule has 0 bridgehead atoms. The third kappa shape index (κ3) is 4.44. The van der Waals surface area contributed by atoms with E-state index in [9.17, 15) is 19.7 Å². The van der Waals surface area contributed by atoms with Crippen molar-refractivity contribution in [1.82, 2.24) is 4.90 Å². The molecule has 0 unspecified atom stereocenters.